The van der Waals surface area contributed by atoms with E-state index in [0.29, 0.717) is 16.5 Å². The van der Waals surface area contributed by atoms with Crippen LogP contribution in [0.1, 0.15) is 15.9 Å². The minimum atomic E-state index is -1.31. The summed E-state index contributed by atoms with van der Waals surface area (Å²) in [6.07, 6.45) is 1.80. The average molecular weight is 414 g/mol. The molecule has 2 aromatic heterocycles. The Morgan fingerprint density at radius 2 is 1.89 bits per heavy atom. The third-order valence-corrected chi connectivity index (χ3v) is 5.22. The third kappa shape index (κ3) is 3.28. The number of carbonyl (C=O) groups is 1. The van der Waals surface area contributed by atoms with Gasteiger partial charge >= 0.3 is 5.97 Å². The normalized spacial score (nSPS) is 11.1. The average Bonchev–Trinajstić information content (AvgIpc) is 3.15. The molecule has 28 heavy (non-hydrogen) atoms. The number of fused-ring (bicyclic) bond motifs is 1. The molecule has 0 aliphatic heterocycles. The number of hydrogen-bond acceptors (Lipinski definition) is 3. The van der Waals surface area contributed by atoms with Crippen molar-refractivity contribution in [3.8, 4) is 11.3 Å². The lowest BCUT2D eigenvalue weighted by molar-refractivity contribution is 0.0695. The summed E-state index contributed by atoms with van der Waals surface area (Å²) in [5, 5.41) is 14.8. The van der Waals surface area contributed by atoms with Gasteiger partial charge in [0.15, 0.2) is 0 Å². The van der Waals surface area contributed by atoms with E-state index in [1.165, 1.54) is 12.1 Å². The van der Waals surface area contributed by atoms with E-state index in [4.69, 9.17) is 23.2 Å². The number of aromatic carboxylic acids is 1. The molecule has 2 N–H and O–H groups in total. The predicted octanol–water partition coefficient (Wildman–Crippen LogP) is 4.44. The van der Waals surface area contributed by atoms with Crippen LogP contribution in [-0.2, 0) is 6.54 Å². The van der Waals surface area contributed by atoms with Gasteiger partial charge in [-0.3, -0.25) is 9.48 Å². The first kappa shape index (κ1) is 18.3. The van der Waals surface area contributed by atoms with Gasteiger partial charge in [0.25, 0.3) is 5.56 Å². The molecule has 0 unspecified atom stereocenters. The highest BCUT2D eigenvalue weighted by Gasteiger charge is 2.17. The van der Waals surface area contributed by atoms with E-state index in [2.05, 4.69) is 10.1 Å². The quantitative estimate of drug-likeness (QED) is 0.517. The number of nitrogens with one attached hydrogen (secondary N) is 1. The summed E-state index contributed by atoms with van der Waals surface area (Å²) < 4.78 is 1.68. The minimum absolute atomic E-state index is 0.255. The number of aromatic nitrogens is 3. The van der Waals surface area contributed by atoms with Gasteiger partial charge in [-0.2, -0.15) is 5.10 Å². The highest BCUT2D eigenvalue weighted by atomic mass is 35.5. The molecule has 0 spiro atoms. The van der Waals surface area contributed by atoms with E-state index in [1.807, 2.05) is 36.4 Å². The van der Waals surface area contributed by atoms with Crippen LogP contribution in [0.4, 0.5) is 0 Å². The van der Waals surface area contributed by atoms with Crippen molar-refractivity contribution in [1.29, 1.82) is 0 Å². The van der Waals surface area contributed by atoms with Crippen LogP contribution in [0, 0.1) is 0 Å². The summed E-state index contributed by atoms with van der Waals surface area (Å²) in [6.45, 7) is 0.255. The summed E-state index contributed by atoms with van der Waals surface area (Å²) in [5.74, 6) is -1.31. The summed E-state index contributed by atoms with van der Waals surface area (Å²) in [5.41, 5.74) is 1.70. The standard InChI is InChI=1S/C20H13Cl2N3O3/c21-15-9-12-8-13(20(27)28)19(26)23-18(12)14(17(15)22)10-25-7-6-16(24-25)11-4-2-1-3-5-11/h1-9H,10H2,(H,23,26)(H,27,28). The number of hydrogen-bond donors (Lipinski definition) is 2. The first-order valence-corrected chi connectivity index (χ1v) is 9.05. The lowest BCUT2D eigenvalue weighted by Gasteiger charge is -2.11. The number of carboxylic acids is 1. The summed E-state index contributed by atoms with van der Waals surface area (Å²) in [4.78, 5) is 26.0. The fraction of sp³-hybridized carbons (Fsp3) is 0.0500. The van der Waals surface area contributed by atoms with Crippen molar-refractivity contribution in [2.24, 2.45) is 0 Å². The first-order valence-electron chi connectivity index (χ1n) is 8.30. The molecule has 0 fully saturated rings. The van der Waals surface area contributed by atoms with Crippen LogP contribution in [0.25, 0.3) is 22.2 Å². The number of nitrogens with zero attached hydrogens (tertiary/aromatic N) is 2. The van der Waals surface area contributed by atoms with E-state index in [9.17, 15) is 14.7 Å². The van der Waals surface area contributed by atoms with Crippen LogP contribution >= 0.6 is 23.2 Å². The first-order chi connectivity index (χ1) is 13.4. The molecule has 4 rings (SSSR count). The largest absolute Gasteiger partial charge is 0.477 e. The van der Waals surface area contributed by atoms with Gasteiger partial charge in [0, 0.05) is 22.7 Å². The van der Waals surface area contributed by atoms with E-state index in [0.717, 1.165) is 11.3 Å². The molecule has 0 bridgehead atoms. The fourth-order valence-corrected chi connectivity index (χ4v) is 3.49. The second-order valence-corrected chi connectivity index (χ2v) is 6.98. The fourth-order valence-electron chi connectivity index (χ4n) is 3.05. The van der Waals surface area contributed by atoms with Gasteiger partial charge in [0.1, 0.15) is 5.56 Å². The maximum Gasteiger partial charge on any atom is 0.341 e. The van der Waals surface area contributed by atoms with E-state index in [-0.39, 0.29) is 22.2 Å². The maximum absolute atomic E-state index is 12.1. The summed E-state index contributed by atoms with van der Waals surface area (Å²) >= 11 is 12.6. The van der Waals surface area contributed by atoms with Crippen molar-refractivity contribution in [2.75, 3.05) is 0 Å². The number of H-pyrrole nitrogens is 1. The van der Waals surface area contributed by atoms with E-state index in [1.54, 1.807) is 10.9 Å². The summed E-state index contributed by atoms with van der Waals surface area (Å²) in [7, 11) is 0. The van der Waals surface area contributed by atoms with Gasteiger partial charge in [-0.1, -0.05) is 53.5 Å². The third-order valence-electron chi connectivity index (χ3n) is 4.39. The Morgan fingerprint density at radius 3 is 2.61 bits per heavy atom. The number of carboxylic acid groups (broad SMARTS) is 1. The molecule has 0 atom stereocenters. The van der Waals surface area contributed by atoms with Crippen LogP contribution in [0.3, 0.4) is 0 Å². The molecule has 0 radical (unpaired) electrons. The number of aromatic amines is 1. The molecule has 2 aromatic carbocycles. The van der Waals surface area contributed by atoms with Crippen LogP contribution in [0.15, 0.2) is 59.5 Å². The molecule has 0 aliphatic rings. The van der Waals surface area contributed by atoms with Gasteiger partial charge < -0.3 is 10.1 Å². The zero-order chi connectivity index (χ0) is 19.8. The van der Waals surface area contributed by atoms with Gasteiger partial charge in [-0.25, -0.2) is 4.79 Å². The zero-order valence-electron chi connectivity index (χ0n) is 14.3. The van der Waals surface area contributed by atoms with Gasteiger partial charge in [-0.15, -0.1) is 0 Å². The maximum atomic E-state index is 12.1. The Hall–Kier alpha value is -3.09. The number of halogens is 2. The highest BCUT2D eigenvalue weighted by molar-refractivity contribution is 6.43. The number of benzene rings is 2. The topological polar surface area (TPSA) is 88.0 Å². The lowest BCUT2D eigenvalue weighted by atomic mass is 10.1. The van der Waals surface area contributed by atoms with Crippen LogP contribution in [0.2, 0.25) is 10.0 Å². The van der Waals surface area contributed by atoms with Gasteiger partial charge in [0.05, 0.1) is 27.8 Å². The molecule has 8 heteroatoms. The van der Waals surface area contributed by atoms with Crippen LogP contribution in [-0.4, -0.2) is 25.8 Å². The molecule has 0 aliphatic carbocycles. The number of pyridine rings is 1. The van der Waals surface area contributed by atoms with Crippen molar-refractivity contribution in [2.45, 2.75) is 6.54 Å². The Labute approximate surface area is 169 Å². The smallest absolute Gasteiger partial charge is 0.341 e. The highest BCUT2D eigenvalue weighted by Crippen LogP contribution is 2.33. The molecule has 0 amide bonds. The molecule has 0 saturated carbocycles. The lowest BCUT2D eigenvalue weighted by Crippen LogP contribution is -2.18. The summed E-state index contributed by atoms with van der Waals surface area (Å²) in [6, 6.07) is 14.4. The molecule has 2 heterocycles. The minimum Gasteiger partial charge on any atom is -0.477 e. The van der Waals surface area contributed by atoms with Crippen molar-refractivity contribution >= 4 is 40.1 Å². The Balaban J connectivity index is 1.81. The molecule has 6 nitrogen and oxygen atoms in total. The van der Waals surface area contributed by atoms with Gasteiger partial charge in [0.2, 0.25) is 0 Å². The molecule has 4 aromatic rings. The molecular weight excluding hydrogens is 401 g/mol. The monoisotopic (exact) mass is 413 g/mol. The number of rotatable bonds is 4. The SMILES string of the molecule is O=C(O)c1cc2cc(Cl)c(Cl)c(Cn3ccc(-c4ccccc4)n3)c2[nH]c1=O. The Bertz CT molecular complexity index is 1260. The second-order valence-electron chi connectivity index (χ2n) is 6.20. The molecule has 0 saturated heterocycles. The van der Waals surface area contributed by atoms with Crippen LogP contribution in [0.5, 0.6) is 0 Å². The van der Waals surface area contributed by atoms with E-state index < -0.39 is 11.5 Å². The van der Waals surface area contributed by atoms with Crippen molar-refractivity contribution in [3.63, 3.8) is 0 Å². The Kier molecular flexibility index (Phi) is 4.66. The van der Waals surface area contributed by atoms with Crippen molar-refractivity contribution in [3.05, 3.63) is 86.3 Å². The van der Waals surface area contributed by atoms with Crippen molar-refractivity contribution < 1.29 is 9.90 Å². The Morgan fingerprint density at radius 1 is 1.14 bits per heavy atom. The molecule has 140 valence electrons. The molecular formula is C20H13Cl2N3O3. The van der Waals surface area contributed by atoms with E-state index >= 15 is 0 Å². The van der Waals surface area contributed by atoms with Gasteiger partial charge in [-0.05, 0) is 18.2 Å². The van der Waals surface area contributed by atoms with Crippen molar-refractivity contribution in [1.82, 2.24) is 14.8 Å². The zero-order valence-corrected chi connectivity index (χ0v) is 15.8. The van der Waals surface area contributed by atoms with Crippen LogP contribution < -0.4 is 5.56 Å². The second kappa shape index (κ2) is 7.14. The predicted molar refractivity (Wildman–Crippen MR) is 108 cm³/mol.